The standard InChI is InChI=1S/C31H26FN5OS/c32-23-11-13-24(14-12-23)34-28(38)16-19-37-30(29(35-31(37)39)26-8-3-4-17-33-26)27-9-5-18-36(27)25-15-10-21-6-1-2-7-22(21)20-25/h1-15,17-18,20,29-30H,16,19H2,(H,34,38)(H,35,39)/t29-,30-/m0/s1. The van der Waals surface area contributed by atoms with Crippen LogP contribution in [0.1, 0.15) is 29.9 Å². The lowest BCUT2D eigenvalue weighted by Crippen LogP contribution is -2.33. The van der Waals surface area contributed by atoms with Gasteiger partial charge in [0.05, 0.1) is 17.8 Å². The van der Waals surface area contributed by atoms with Gasteiger partial charge in [0.2, 0.25) is 5.91 Å². The van der Waals surface area contributed by atoms with Gasteiger partial charge in [-0.2, -0.15) is 0 Å². The number of amides is 1. The van der Waals surface area contributed by atoms with Gasteiger partial charge in [-0.1, -0.05) is 36.4 Å². The zero-order valence-corrected chi connectivity index (χ0v) is 21.8. The van der Waals surface area contributed by atoms with Gasteiger partial charge >= 0.3 is 0 Å². The van der Waals surface area contributed by atoms with Crippen LogP contribution >= 0.6 is 12.2 Å². The number of nitrogens with one attached hydrogen (secondary N) is 2. The number of aromatic nitrogens is 2. The molecule has 39 heavy (non-hydrogen) atoms. The number of anilines is 1. The second-order valence-corrected chi connectivity index (χ2v) is 9.85. The normalized spacial score (nSPS) is 16.8. The van der Waals surface area contributed by atoms with E-state index in [2.05, 4.69) is 67.7 Å². The number of hydrogen-bond acceptors (Lipinski definition) is 3. The van der Waals surface area contributed by atoms with Crippen molar-refractivity contribution < 1.29 is 9.18 Å². The van der Waals surface area contributed by atoms with E-state index in [0.29, 0.717) is 17.3 Å². The molecule has 6 rings (SSSR count). The van der Waals surface area contributed by atoms with Crippen LogP contribution in [0.2, 0.25) is 0 Å². The molecule has 0 saturated carbocycles. The van der Waals surface area contributed by atoms with Gasteiger partial charge in [-0.25, -0.2) is 4.39 Å². The van der Waals surface area contributed by atoms with Crippen LogP contribution in [-0.2, 0) is 4.79 Å². The molecule has 2 N–H and O–H groups in total. The van der Waals surface area contributed by atoms with Gasteiger partial charge in [0, 0.05) is 42.4 Å². The maximum Gasteiger partial charge on any atom is 0.226 e. The minimum absolute atomic E-state index is 0.172. The highest BCUT2D eigenvalue weighted by Gasteiger charge is 2.41. The zero-order chi connectivity index (χ0) is 26.8. The average molecular weight is 536 g/mol. The van der Waals surface area contributed by atoms with Gasteiger partial charge in [0.25, 0.3) is 0 Å². The van der Waals surface area contributed by atoms with Crippen LogP contribution in [-0.4, -0.2) is 32.0 Å². The number of carbonyl (C=O) groups is 1. The molecular formula is C31H26FN5OS. The predicted octanol–water partition coefficient (Wildman–Crippen LogP) is 6.17. The number of carbonyl (C=O) groups excluding carboxylic acids is 1. The van der Waals surface area contributed by atoms with Crippen molar-refractivity contribution in [3.05, 3.63) is 127 Å². The summed E-state index contributed by atoms with van der Waals surface area (Å²) in [5, 5.41) is 9.20. The van der Waals surface area contributed by atoms with Gasteiger partial charge in [0.1, 0.15) is 5.82 Å². The first-order valence-electron chi connectivity index (χ1n) is 12.8. The largest absolute Gasteiger partial charge is 0.352 e. The van der Waals surface area contributed by atoms with Crippen LogP contribution < -0.4 is 10.6 Å². The lowest BCUT2D eigenvalue weighted by atomic mass is 10.0. The van der Waals surface area contributed by atoms with Crippen LogP contribution in [0.5, 0.6) is 0 Å². The minimum atomic E-state index is -0.348. The number of nitrogens with zero attached hydrogens (tertiary/aromatic N) is 3. The topological polar surface area (TPSA) is 62.2 Å². The van der Waals surface area contributed by atoms with E-state index in [4.69, 9.17) is 12.2 Å². The van der Waals surface area contributed by atoms with E-state index in [-0.39, 0.29) is 30.2 Å². The second kappa shape index (κ2) is 10.7. The number of thiocarbonyl (C=S) groups is 1. The van der Waals surface area contributed by atoms with Crippen molar-refractivity contribution in [1.29, 1.82) is 0 Å². The van der Waals surface area contributed by atoms with Crippen LogP contribution in [0, 0.1) is 5.82 Å². The van der Waals surface area contributed by atoms with Crippen molar-refractivity contribution in [3.63, 3.8) is 0 Å². The summed E-state index contributed by atoms with van der Waals surface area (Å²) in [6.45, 7) is 0.399. The lowest BCUT2D eigenvalue weighted by molar-refractivity contribution is -0.116. The maximum atomic E-state index is 13.3. The molecule has 1 amide bonds. The Morgan fingerprint density at radius 1 is 0.949 bits per heavy atom. The number of fused-ring (bicyclic) bond motifs is 1. The number of pyridine rings is 1. The highest BCUT2D eigenvalue weighted by Crippen LogP contribution is 2.39. The third-order valence-corrected chi connectivity index (χ3v) is 7.35. The van der Waals surface area contributed by atoms with Crippen molar-refractivity contribution in [2.45, 2.75) is 18.5 Å². The minimum Gasteiger partial charge on any atom is -0.352 e. The molecule has 1 fully saturated rings. The number of hydrogen-bond donors (Lipinski definition) is 2. The van der Waals surface area contributed by atoms with E-state index < -0.39 is 0 Å². The first-order valence-corrected chi connectivity index (χ1v) is 13.2. The fraction of sp³-hybridized carbons (Fsp3) is 0.129. The van der Waals surface area contributed by atoms with Gasteiger partial charge < -0.3 is 20.1 Å². The molecule has 3 aromatic carbocycles. The van der Waals surface area contributed by atoms with E-state index >= 15 is 0 Å². The Hall–Kier alpha value is -4.56. The second-order valence-electron chi connectivity index (χ2n) is 9.46. The monoisotopic (exact) mass is 535 g/mol. The third kappa shape index (κ3) is 5.11. The number of halogens is 1. The molecule has 0 radical (unpaired) electrons. The van der Waals surface area contributed by atoms with Crippen molar-refractivity contribution in [3.8, 4) is 5.69 Å². The van der Waals surface area contributed by atoms with Crippen LogP contribution in [0.15, 0.2) is 109 Å². The Morgan fingerprint density at radius 3 is 2.54 bits per heavy atom. The fourth-order valence-corrected chi connectivity index (χ4v) is 5.48. The highest BCUT2D eigenvalue weighted by atomic mass is 32.1. The Kier molecular flexibility index (Phi) is 6.77. The average Bonchev–Trinajstić information content (AvgIpc) is 3.57. The smallest absolute Gasteiger partial charge is 0.226 e. The summed E-state index contributed by atoms with van der Waals surface area (Å²) in [6.07, 6.45) is 4.04. The summed E-state index contributed by atoms with van der Waals surface area (Å²) in [5.41, 5.74) is 3.50. The first-order chi connectivity index (χ1) is 19.1. The van der Waals surface area contributed by atoms with E-state index in [1.54, 1.807) is 18.3 Å². The molecule has 194 valence electrons. The molecule has 2 aromatic heterocycles. The van der Waals surface area contributed by atoms with Crippen molar-refractivity contribution in [1.82, 2.24) is 19.8 Å². The molecule has 6 nitrogen and oxygen atoms in total. The summed E-state index contributed by atoms with van der Waals surface area (Å²) < 4.78 is 15.4. The lowest BCUT2D eigenvalue weighted by Gasteiger charge is -2.29. The van der Waals surface area contributed by atoms with Gasteiger partial charge in [-0.05, 0) is 83.7 Å². The molecule has 0 bridgehead atoms. The maximum absolute atomic E-state index is 13.3. The molecule has 0 spiro atoms. The SMILES string of the molecule is O=C(CCN1C(=S)N[C@@H](c2ccccn2)[C@@H]1c1cccn1-c1ccc2ccccc2c1)Nc1ccc(F)cc1. The van der Waals surface area contributed by atoms with Crippen LogP contribution in [0.3, 0.4) is 0 Å². The van der Waals surface area contributed by atoms with Crippen molar-refractivity contribution in [2.75, 3.05) is 11.9 Å². The summed E-state index contributed by atoms with van der Waals surface area (Å²) in [7, 11) is 0. The molecule has 0 unspecified atom stereocenters. The first kappa shape index (κ1) is 24.8. The van der Waals surface area contributed by atoms with Crippen LogP contribution in [0.4, 0.5) is 10.1 Å². The molecule has 1 aliphatic rings. The number of benzene rings is 3. The molecule has 3 heterocycles. The summed E-state index contributed by atoms with van der Waals surface area (Å²) >= 11 is 5.79. The number of rotatable bonds is 7. The molecule has 0 aliphatic carbocycles. The van der Waals surface area contributed by atoms with Gasteiger partial charge in [0.15, 0.2) is 5.11 Å². The highest BCUT2D eigenvalue weighted by molar-refractivity contribution is 7.80. The Morgan fingerprint density at radius 2 is 1.74 bits per heavy atom. The zero-order valence-electron chi connectivity index (χ0n) is 21.0. The van der Waals surface area contributed by atoms with Crippen molar-refractivity contribution >= 4 is 39.7 Å². The molecule has 8 heteroatoms. The summed E-state index contributed by atoms with van der Waals surface area (Å²) in [4.78, 5) is 19.5. The third-order valence-electron chi connectivity index (χ3n) is 7.00. The van der Waals surface area contributed by atoms with E-state index in [9.17, 15) is 9.18 Å². The molecular weight excluding hydrogens is 509 g/mol. The summed E-state index contributed by atoms with van der Waals surface area (Å²) in [6, 6.07) is 30.0. The van der Waals surface area contributed by atoms with E-state index in [1.165, 1.54) is 17.5 Å². The molecule has 5 aromatic rings. The Balaban J connectivity index is 1.32. The fourth-order valence-electron chi connectivity index (χ4n) is 5.14. The van der Waals surface area contributed by atoms with Crippen molar-refractivity contribution in [2.24, 2.45) is 0 Å². The Bertz CT molecular complexity index is 1640. The molecule has 1 aliphatic heterocycles. The molecule has 2 atom stereocenters. The van der Waals surface area contributed by atoms with Gasteiger partial charge in [-0.3, -0.25) is 9.78 Å². The Labute approximate surface area is 231 Å². The van der Waals surface area contributed by atoms with E-state index in [1.807, 2.05) is 36.4 Å². The quantitative estimate of drug-likeness (QED) is 0.244. The van der Waals surface area contributed by atoms with Crippen LogP contribution in [0.25, 0.3) is 16.5 Å². The van der Waals surface area contributed by atoms with E-state index in [0.717, 1.165) is 22.5 Å². The molecule has 1 saturated heterocycles. The van der Waals surface area contributed by atoms with Gasteiger partial charge in [-0.15, -0.1) is 0 Å². The summed E-state index contributed by atoms with van der Waals surface area (Å²) in [5.74, 6) is -0.520. The predicted molar refractivity (Wildman–Crippen MR) is 155 cm³/mol.